The van der Waals surface area contributed by atoms with Gasteiger partial charge in [0.1, 0.15) is 0 Å². The zero-order valence-electron chi connectivity index (χ0n) is 14.0. The maximum Gasteiger partial charge on any atom is 0.255 e. The molecule has 5 rings (SSSR count). The Morgan fingerprint density at radius 1 is 1.18 bits per heavy atom. The molecule has 0 aliphatic heterocycles. The largest absolute Gasteiger partial charge is 0.346 e. The highest BCUT2D eigenvalue weighted by atomic mass is 16.1. The van der Waals surface area contributed by atoms with E-state index in [0.717, 1.165) is 41.2 Å². The first-order valence-corrected chi connectivity index (χ1v) is 8.86. The van der Waals surface area contributed by atoms with Gasteiger partial charge in [-0.3, -0.25) is 9.48 Å². The summed E-state index contributed by atoms with van der Waals surface area (Å²) >= 11 is 0. The van der Waals surface area contributed by atoms with Crippen molar-refractivity contribution in [3.05, 3.63) is 17.0 Å². The van der Waals surface area contributed by atoms with Crippen LogP contribution in [0.25, 0.3) is 0 Å². The third-order valence-electron chi connectivity index (χ3n) is 6.33. The molecule has 0 atom stereocenters. The van der Waals surface area contributed by atoms with Gasteiger partial charge in [-0.15, -0.1) is 0 Å². The smallest absolute Gasteiger partial charge is 0.255 e. The number of carbonyl (C=O) groups is 1. The van der Waals surface area contributed by atoms with Gasteiger partial charge in [-0.25, -0.2) is 0 Å². The van der Waals surface area contributed by atoms with Crippen molar-refractivity contribution in [2.24, 2.45) is 17.8 Å². The number of aryl methyl sites for hydroxylation is 2. The number of amides is 1. The van der Waals surface area contributed by atoms with Crippen LogP contribution < -0.4 is 5.32 Å². The summed E-state index contributed by atoms with van der Waals surface area (Å²) in [7, 11) is 0. The SMILES string of the molecule is CCn1nc(C)c(C(=O)NC23CC4CC(CC(C4)C2)C3)c1C. The molecule has 4 fully saturated rings. The summed E-state index contributed by atoms with van der Waals surface area (Å²) in [5.41, 5.74) is 2.75. The molecular formula is C18H27N3O. The van der Waals surface area contributed by atoms with E-state index in [9.17, 15) is 4.79 Å². The first-order chi connectivity index (χ1) is 10.5. The van der Waals surface area contributed by atoms with Gasteiger partial charge in [-0.05, 0) is 77.0 Å². The molecule has 0 radical (unpaired) electrons. The lowest BCUT2D eigenvalue weighted by Gasteiger charge is -2.56. The van der Waals surface area contributed by atoms with Gasteiger partial charge in [0.15, 0.2) is 0 Å². The van der Waals surface area contributed by atoms with Crippen molar-refractivity contribution >= 4 is 5.91 Å². The summed E-state index contributed by atoms with van der Waals surface area (Å²) in [6, 6.07) is 0. The molecule has 1 aromatic heterocycles. The Morgan fingerprint density at radius 2 is 1.73 bits per heavy atom. The van der Waals surface area contributed by atoms with Gasteiger partial charge >= 0.3 is 0 Å². The van der Waals surface area contributed by atoms with Crippen LogP contribution in [0.1, 0.15) is 67.2 Å². The maximum absolute atomic E-state index is 12.9. The van der Waals surface area contributed by atoms with Gasteiger partial charge in [0.2, 0.25) is 0 Å². The molecule has 4 nitrogen and oxygen atoms in total. The molecule has 4 aliphatic rings. The van der Waals surface area contributed by atoms with Crippen LogP contribution in [0, 0.1) is 31.6 Å². The molecule has 1 amide bonds. The quantitative estimate of drug-likeness (QED) is 0.932. The van der Waals surface area contributed by atoms with E-state index in [1.807, 2.05) is 18.5 Å². The van der Waals surface area contributed by atoms with E-state index < -0.39 is 0 Å². The van der Waals surface area contributed by atoms with E-state index in [4.69, 9.17) is 0 Å². The molecule has 4 aliphatic carbocycles. The Morgan fingerprint density at radius 3 is 2.18 bits per heavy atom. The number of aromatic nitrogens is 2. The van der Waals surface area contributed by atoms with Crippen molar-refractivity contribution in [2.45, 2.75) is 71.4 Å². The van der Waals surface area contributed by atoms with Crippen molar-refractivity contribution < 1.29 is 4.79 Å². The molecule has 0 spiro atoms. The van der Waals surface area contributed by atoms with E-state index in [0.29, 0.717) is 0 Å². The fourth-order valence-electron chi connectivity index (χ4n) is 5.90. The minimum Gasteiger partial charge on any atom is -0.346 e. The van der Waals surface area contributed by atoms with Gasteiger partial charge in [-0.2, -0.15) is 5.10 Å². The third kappa shape index (κ3) is 2.10. The van der Waals surface area contributed by atoms with Crippen LogP contribution in [0.4, 0.5) is 0 Å². The van der Waals surface area contributed by atoms with Crippen molar-refractivity contribution in [1.29, 1.82) is 0 Å². The third-order valence-corrected chi connectivity index (χ3v) is 6.33. The number of hydrogen-bond donors (Lipinski definition) is 1. The van der Waals surface area contributed by atoms with E-state index >= 15 is 0 Å². The standard InChI is InChI=1S/C18H27N3O/c1-4-21-12(3)16(11(2)20-21)17(22)19-18-8-13-5-14(9-18)7-15(6-13)10-18/h13-15H,4-10H2,1-3H3,(H,19,22). The van der Waals surface area contributed by atoms with Crippen LogP contribution in [0.3, 0.4) is 0 Å². The Labute approximate surface area is 132 Å². The predicted molar refractivity (Wildman–Crippen MR) is 85.7 cm³/mol. The molecule has 4 heteroatoms. The predicted octanol–water partition coefficient (Wildman–Crippen LogP) is 3.22. The summed E-state index contributed by atoms with van der Waals surface area (Å²) in [5.74, 6) is 2.67. The lowest BCUT2D eigenvalue weighted by atomic mass is 9.53. The van der Waals surface area contributed by atoms with Gasteiger partial charge in [0.25, 0.3) is 5.91 Å². The van der Waals surface area contributed by atoms with Gasteiger partial charge in [-0.1, -0.05) is 0 Å². The summed E-state index contributed by atoms with van der Waals surface area (Å²) < 4.78 is 1.93. The highest BCUT2D eigenvalue weighted by molar-refractivity contribution is 5.96. The Hall–Kier alpha value is -1.32. The summed E-state index contributed by atoms with van der Waals surface area (Å²) in [6.45, 7) is 6.85. The molecular weight excluding hydrogens is 274 g/mol. The van der Waals surface area contributed by atoms with Gasteiger partial charge in [0.05, 0.1) is 11.3 Å². The molecule has 0 unspecified atom stereocenters. The Balaban J connectivity index is 1.59. The number of rotatable bonds is 3. The van der Waals surface area contributed by atoms with Crippen LogP contribution in [-0.4, -0.2) is 21.2 Å². The molecule has 120 valence electrons. The van der Waals surface area contributed by atoms with E-state index in [-0.39, 0.29) is 11.4 Å². The zero-order chi connectivity index (χ0) is 15.5. The molecule has 0 saturated heterocycles. The monoisotopic (exact) mass is 301 g/mol. The fraction of sp³-hybridized carbons (Fsp3) is 0.778. The van der Waals surface area contributed by atoms with Crippen molar-refractivity contribution in [1.82, 2.24) is 15.1 Å². The normalized spacial score (nSPS) is 35.9. The fourth-order valence-corrected chi connectivity index (χ4v) is 5.90. The number of nitrogens with one attached hydrogen (secondary N) is 1. The average molecular weight is 301 g/mol. The lowest BCUT2D eigenvalue weighted by Crippen LogP contribution is -2.59. The molecule has 1 aromatic rings. The Bertz CT molecular complexity index is 581. The molecule has 4 saturated carbocycles. The number of hydrogen-bond acceptors (Lipinski definition) is 2. The molecule has 1 N–H and O–H groups in total. The van der Waals surface area contributed by atoms with Crippen molar-refractivity contribution in [3.63, 3.8) is 0 Å². The minimum absolute atomic E-state index is 0.0824. The highest BCUT2D eigenvalue weighted by Gasteiger charge is 2.51. The van der Waals surface area contributed by atoms with Crippen LogP contribution >= 0.6 is 0 Å². The summed E-state index contributed by atoms with van der Waals surface area (Å²) in [5, 5.41) is 7.97. The Kier molecular flexibility index (Phi) is 3.14. The van der Waals surface area contributed by atoms with Crippen LogP contribution in [0.2, 0.25) is 0 Å². The van der Waals surface area contributed by atoms with E-state index in [1.54, 1.807) is 0 Å². The molecule has 22 heavy (non-hydrogen) atoms. The van der Waals surface area contributed by atoms with Gasteiger partial charge in [0, 0.05) is 17.8 Å². The molecule has 1 heterocycles. The van der Waals surface area contributed by atoms with E-state index in [2.05, 4.69) is 17.3 Å². The summed E-state index contributed by atoms with van der Waals surface area (Å²) in [6.07, 6.45) is 7.81. The van der Waals surface area contributed by atoms with Crippen molar-refractivity contribution in [3.8, 4) is 0 Å². The van der Waals surface area contributed by atoms with Crippen LogP contribution in [0.15, 0.2) is 0 Å². The van der Waals surface area contributed by atoms with E-state index in [1.165, 1.54) is 38.5 Å². The topological polar surface area (TPSA) is 46.9 Å². The first-order valence-electron chi connectivity index (χ1n) is 8.86. The lowest BCUT2D eigenvalue weighted by molar-refractivity contribution is -0.0167. The number of nitrogens with zero attached hydrogens (tertiary/aromatic N) is 2. The first kappa shape index (κ1) is 14.3. The van der Waals surface area contributed by atoms with Crippen LogP contribution in [0.5, 0.6) is 0 Å². The van der Waals surface area contributed by atoms with Crippen molar-refractivity contribution in [2.75, 3.05) is 0 Å². The molecule has 0 aromatic carbocycles. The maximum atomic E-state index is 12.9. The molecule has 4 bridgehead atoms. The second-order valence-corrected chi connectivity index (χ2v) is 8.01. The highest BCUT2D eigenvalue weighted by Crippen LogP contribution is 2.55. The second-order valence-electron chi connectivity index (χ2n) is 8.01. The average Bonchev–Trinajstić information content (AvgIpc) is 2.71. The minimum atomic E-state index is 0.0824. The number of carbonyl (C=O) groups excluding carboxylic acids is 1. The second kappa shape index (κ2) is 4.84. The summed E-state index contributed by atoms with van der Waals surface area (Å²) in [4.78, 5) is 12.9. The van der Waals surface area contributed by atoms with Gasteiger partial charge < -0.3 is 5.32 Å². The van der Waals surface area contributed by atoms with Crippen LogP contribution in [-0.2, 0) is 6.54 Å². The zero-order valence-corrected chi connectivity index (χ0v) is 14.0.